The van der Waals surface area contributed by atoms with Crippen LogP contribution in [0.25, 0.3) is 11.0 Å². The van der Waals surface area contributed by atoms with Crippen LogP contribution in [0.3, 0.4) is 0 Å². The molecule has 0 aliphatic carbocycles. The summed E-state index contributed by atoms with van der Waals surface area (Å²) < 4.78 is 19.4. The molecule has 158 valence electrons. The number of amides is 1. The number of carbonyl (C=O) groups is 2. The maximum absolute atomic E-state index is 13.7. The van der Waals surface area contributed by atoms with Gasteiger partial charge in [0.15, 0.2) is 11.5 Å². The normalized spacial score (nSPS) is 16.2. The first-order valence-electron chi connectivity index (χ1n) is 9.61. The Labute approximate surface area is 186 Å². The molecule has 1 unspecified atom stereocenters. The van der Waals surface area contributed by atoms with E-state index in [4.69, 9.17) is 16.0 Å². The van der Waals surface area contributed by atoms with E-state index in [1.165, 1.54) is 23.2 Å². The van der Waals surface area contributed by atoms with E-state index >= 15 is 0 Å². The molecule has 1 atom stereocenters. The fraction of sp³-hybridized carbons (Fsp3) is 0.0417. The number of para-hydroxylation sites is 1. The van der Waals surface area contributed by atoms with Crippen LogP contribution in [0.15, 0.2) is 88.7 Å². The number of pyridine rings is 1. The van der Waals surface area contributed by atoms with Gasteiger partial charge in [0.1, 0.15) is 17.4 Å². The van der Waals surface area contributed by atoms with Crippen LogP contribution in [0.5, 0.6) is 0 Å². The molecule has 3 heterocycles. The summed E-state index contributed by atoms with van der Waals surface area (Å²) >= 11 is 5.92. The molecule has 0 fully saturated rings. The molecule has 1 amide bonds. The SMILES string of the molecule is O=C(C1=C(O)C(=O)N(c2ccc(F)c(Cl)c2)C1c1ccccn1)c1cc2ccccc2o1. The van der Waals surface area contributed by atoms with E-state index in [1.807, 2.05) is 0 Å². The van der Waals surface area contributed by atoms with E-state index in [1.54, 1.807) is 48.5 Å². The molecule has 1 aliphatic rings. The molecule has 2 aromatic heterocycles. The van der Waals surface area contributed by atoms with Gasteiger partial charge in [-0.25, -0.2) is 4.39 Å². The van der Waals surface area contributed by atoms with Gasteiger partial charge >= 0.3 is 0 Å². The van der Waals surface area contributed by atoms with Crippen molar-refractivity contribution >= 4 is 39.9 Å². The van der Waals surface area contributed by atoms with Crippen molar-refractivity contribution in [1.82, 2.24) is 4.98 Å². The summed E-state index contributed by atoms with van der Waals surface area (Å²) in [4.78, 5) is 32.0. The monoisotopic (exact) mass is 448 g/mol. The van der Waals surface area contributed by atoms with E-state index in [9.17, 15) is 19.1 Å². The van der Waals surface area contributed by atoms with Gasteiger partial charge in [0, 0.05) is 17.3 Å². The molecule has 2 aromatic carbocycles. The minimum atomic E-state index is -1.06. The highest BCUT2D eigenvalue weighted by Gasteiger charge is 2.46. The highest BCUT2D eigenvalue weighted by molar-refractivity contribution is 6.31. The molecule has 0 saturated heterocycles. The van der Waals surface area contributed by atoms with Gasteiger partial charge in [0.25, 0.3) is 5.91 Å². The van der Waals surface area contributed by atoms with E-state index in [0.717, 1.165) is 6.07 Å². The zero-order valence-corrected chi connectivity index (χ0v) is 17.1. The Morgan fingerprint density at radius 2 is 1.88 bits per heavy atom. The third-order valence-electron chi connectivity index (χ3n) is 5.25. The van der Waals surface area contributed by atoms with Gasteiger partial charge in [-0.3, -0.25) is 19.5 Å². The van der Waals surface area contributed by atoms with E-state index < -0.39 is 29.3 Å². The molecule has 6 nitrogen and oxygen atoms in total. The van der Waals surface area contributed by atoms with Crippen molar-refractivity contribution < 1.29 is 23.5 Å². The Morgan fingerprint density at radius 3 is 2.59 bits per heavy atom. The molecule has 4 aromatic rings. The second-order valence-corrected chi connectivity index (χ2v) is 7.58. The fourth-order valence-corrected chi connectivity index (χ4v) is 3.96. The number of aliphatic hydroxyl groups excluding tert-OH is 1. The Balaban J connectivity index is 1.66. The predicted molar refractivity (Wildman–Crippen MR) is 116 cm³/mol. The number of hydrogen-bond acceptors (Lipinski definition) is 5. The molecule has 1 N–H and O–H groups in total. The first-order valence-corrected chi connectivity index (χ1v) is 9.99. The van der Waals surface area contributed by atoms with E-state index in [0.29, 0.717) is 16.7 Å². The standard InChI is InChI=1S/C24H14ClFN2O4/c25-15-12-14(8-9-16(15)26)28-21(17-6-3-4-10-27-17)20(23(30)24(28)31)22(29)19-11-13-5-1-2-7-18(13)32-19/h1-12,21,30H. The summed E-state index contributed by atoms with van der Waals surface area (Å²) in [5, 5.41) is 11.2. The summed E-state index contributed by atoms with van der Waals surface area (Å²) in [6.07, 6.45) is 1.51. The Morgan fingerprint density at radius 1 is 1.09 bits per heavy atom. The number of carbonyl (C=O) groups excluding carboxylic acids is 2. The molecule has 1 aliphatic heterocycles. The quantitative estimate of drug-likeness (QED) is 0.422. The summed E-state index contributed by atoms with van der Waals surface area (Å²) in [6, 6.07) is 16.3. The van der Waals surface area contributed by atoms with Gasteiger partial charge in [-0.2, -0.15) is 0 Å². The highest BCUT2D eigenvalue weighted by Crippen LogP contribution is 2.42. The van der Waals surface area contributed by atoms with Crippen LogP contribution in [0.1, 0.15) is 22.3 Å². The molecule has 8 heteroatoms. The van der Waals surface area contributed by atoms with Gasteiger partial charge in [0.2, 0.25) is 5.78 Å². The summed E-state index contributed by atoms with van der Waals surface area (Å²) in [5.74, 6) is -2.90. The topological polar surface area (TPSA) is 83.6 Å². The number of fused-ring (bicyclic) bond motifs is 1. The van der Waals surface area contributed by atoms with E-state index in [2.05, 4.69) is 4.98 Å². The molecular formula is C24H14ClFN2O4. The number of halogens is 2. The first-order chi connectivity index (χ1) is 15.5. The third-order valence-corrected chi connectivity index (χ3v) is 5.54. The lowest BCUT2D eigenvalue weighted by atomic mass is 9.98. The Kier molecular flexibility index (Phi) is 4.75. The summed E-state index contributed by atoms with van der Waals surface area (Å²) in [7, 11) is 0. The van der Waals surface area contributed by atoms with Crippen LogP contribution >= 0.6 is 11.6 Å². The number of anilines is 1. The molecular weight excluding hydrogens is 435 g/mol. The van der Waals surface area contributed by atoms with Crippen molar-refractivity contribution in [3.63, 3.8) is 0 Å². The molecule has 32 heavy (non-hydrogen) atoms. The largest absolute Gasteiger partial charge is 0.503 e. The van der Waals surface area contributed by atoms with Gasteiger partial charge in [-0.05, 0) is 42.5 Å². The molecule has 0 bridgehead atoms. The van der Waals surface area contributed by atoms with Crippen LogP contribution in [-0.4, -0.2) is 21.8 Å². The minimum Gasteiger partial charge on any atom is -0.503 e. The van der Waals surface area contributed by atoms with Gasteiger partial charge < -0.3 is 9.52 Å². The zero-order chi connectivity index (χ0) is 22.4. The van der Waals surface area contributed by atoms with Crippen LogP contribution in [0, 0.1) is 5.82 Å². The number of rotatable bonds is 4. The number of aromatic nitrogens is 1. The molecule has 5 rings (SSSR count). The minimum absolute atomic E-state index is 0.0273. The number of ketones is 1. The lowest BCUT2D eigenvalue weighted by Crippen LogP contribution is -2.31. The smallest absolute Gasteiger partial charge is 0.294 e. The summed E-state index contributed by atoms with van der Waals surface area (Å²) in [6.45, 7) is 0. The average Bonchev–Trinajstić information content (AvgIpc) is 3.35. The van der Waals surface area contributed by atoms with Crippen LogP contribution in [0.4, 0.5) is 10.1 Å². The molecule has 0 spiro atoms. The van der Waals surface area contributed by atoms with Crippen molar-refractivity contribution in [2.24, 2.45) is 0 Å². The van der Waals surface area contributed by atoms with Crippen molar-refractivity contribution in [3.05, 3.63) is 107 Å². The number of Topliss-reactive ketones (excluding diaryl/α,β-unsaturated/α-hetero) is 1. The fourth-order valence-electron chi connectivity index (χ4n) is 3.78. The first kappa shape index (κ1) is 20.0. The van der Waals surface area contributed by atoms with Crippen molar-refractivity contribution in [2.75, 3.05) is 4.90 Å². The number of furan rings is 1. The third kappa shape index (κ3) is 3.14. The van der Waals surface area contributed by atoms with Crippen LogP contribution in [0.2, 0.25) is 5.02 Å². The number of benzene rings is 2. The Bertz CT molecular complexity index is 1380. The average molecular weight is 449 g/mol. The van der Waals surface area contributed by atoms with Crippen LogP contribution < -0.4 is 4.90 Å². The number of nitrogens with zero attached hydrogens (tertiary/aromatic N) is 2. The maximum Gasteiger partial charge on any atom is 0.294 e. The molecule has 0 radical (unpaired) electrons. The van der Waals surface area contributed by atoms with Crippen LogP contribution in [-0.2, 0) is 4.79 Å². The van der Waals surface area contributed by atoms with Gasteiger partial charge in [-0.1, -0.05) is 35.9 Å². The lowest BCUT2D eigenvalue weighted by molar-refractivity contribution is -0.117. The van der Waals surface area contributed by atoms with Crippen molar-refractivity contribution in [1.29, 1.82) is 0 Å². The van der Waals surface area contributed by atoms with Gasteiger partial charge in [-0.15, -0.1) is 0 Å². The predicted octanol–water partition coefficient (Wildman–Crippen LogP) is 5.40. The van der Waals surface area contributed by atoms with Gasteiger partial charge in [0.05, 0.1) is 16.3 Å². The van der Waals surface area contributed by atoms with Crippen molar-refractivity contribution in [3.8, 4) is 0 Å². The second-order valence-electron chi connectivity index (χ2n) is 7.17. The van der Waals surface area contributed by atoms with E-state index in [-0.39, 0.29) is 22.0 Å². The second kappa shape index (κ2) is 7.62. The zero-order valence-electron chi connectivity index (χ0n) is 16.3. The van der Waals surface area contributed by atoms with Crippen molar-refractivity contribution in [2.45, 2.75) is 6.04 Å². The number of aliphatic hydroxyl groups is 1. The highest BCUT2D eigenvalue weighted by atomic mass is 35.5. The lowest BCUT2D eigenvalue weighted by Gasteiger charge is -2.26. The Hall–Kier alpha value is -3.97. The number of hydrogen-bond donors (Lipinski definition) is 1. The molecule has 0 saturated carbocycles. The maximum atomic E-state index is 13.7. The summed E-state index contributed by atoms with van der Waals surface area (Å²) in [5.41, 5.74) is 0.853.